The quantitative estimate of drug-likeness (QED) is 0.559. The van der Waals surface area contributed by atoms with E-state index in [0.717, 1.165) is 49.3 Å². The Morgan fingerprint density at radius 3 is 2.75 bits per heavy atom. The summed E-state index contributed by atoms with van der Waals surface area (Å²) in [5, 5.41) is 4.31. The summed E-state index contributed by atoms with van der Waals surface area (Å²) in [4.78, 5) is 24.8. The van der Waals surface area contributed by atoms with Gasteiger partial charge in [-0.3, -0.25) is 9.25 Å². The van der Waals surface area contributed by atoms with Crippen LogP contribution in [-0.2, 0) is 21.3 Å². The molecule has 32 heavy (non-hydrogen) atoms. The Morgan fingerprint density at radius 2 is 2.06 bits per heavy atom. The Labute approximate surface area is 186 Å². The van der Waals surface area contributed by atoms with E-state index < -0.39 is 5.97 Å². The number of morpholine rings is 1. The van der Waals surface area contributed by atoms with Gasteiger partial charge in [0, 0.05) is 38.5 Å². The van der Waals surface area contributed by atoms with Crippen LogP contribution in [0.2, 0.25) is 0 Å². The predicted molar refractivity (Wildman–Crippen MR) is 118 cm³/mol. The number of pyridine rings is 1. The number of nitrogens with zero attached hydrogens (tertiary/aromatic N) is 6. The van der Waals surface area contributed by atoms with Gasteiger partial charge in [-0.05, 0) is 32.3 Å². The molecule has 3 aromatic heterocycles. The van der Waals surface area contributed by atoms with Gasteiger partial charge in [-0.15, -0.1) is 0 Å². The van der Waals surface area contributed by atoms with E-state index in [9.17, 15) is 4.79 Å². The van der Waals surface area contributed by atoms with E-state index in [2.05, 4.69) is 10.00 Å². The van der Waals surface area contributed by atoms with Gasteiger partial charge in [-0.25, -0.2) is 14.8 Å². The minimum atomic E-state index is -0.462. The van der Waals surface area contributed by atoms with Crippen LogP contribution in [0.1, 0.15) is 43.0 Å². The van der Waals surface area contributed by atoms with Crippen LogP contribution in [0.25, 0.3) is 22.4 Å². The summed E-state index contributed by atoms with van der Waals surface area (Å²) >= 11 is 0. The maximum absolute atomic E-state index is 12.9. The van der Waals surface area contributed by atoms with Crippen molar-refractivity contribution in [3.8, 4) is 11.3 Å². The van der Waals surface area contributed by atoms with Crippen molar-refractivity contribution in [2.24, 2.45) is 7.05 Å². The van der Waals surface area contributed by atoms with Crippen LogP contribution >= 0.6 is 0 Å². The van der Waals surface area contributed by atoms with Crippen molar-refractivity contribution in [3.63, 3.8) is 0 Å². The number of fused-ring (bicyclic) bond motifs is 1. The Bertz CT molecular complexity index is 1110. The molecule has 2 aliphatic rings. The Morgan fingerprint density at radius 1 is 1.22 bits per heavy atom. The molecule has 0 saturated carbocycles. The number of rotatable bonds is 5. The number of carbonyl (C=O) groups is 1. The van der Waals surface area contributed by atoms with E-state index >= 15 is 0 Å². The molecule has 0 radical (unpaired) electrons. The predicted octanol–water partition coefficient (Wildman–Crippen LogP) is 2.54. The van der Waals surface area contributed by atoms with Crippen molar-refractivity contribution in [1.82, 2.24) is 24.3 Å². The molecule has 2 fully saturated rings. The first-order chi connectivity index (χ1) is 15.7. The van der Waals surface area contributed by atoms with Gasteiger partial charge in [0.15, 0.2) is 5.65 Å². The number of aryl methyl sites for hydroxylation is 1. The third-order valence-corrected chi connectivity index (χ3v) is 5.88. The van der Waals surface area contributed by atoms with Crippen molar-refractivity contribution in [1.29, 1.82) is 0 Å². The van der Waals surface area contributed by atoms with Crippen LogP contribution in [0.3, 0.4) is 0 Å². The molecule has 10 heteroatoms. The molecular formula is C22H28N6O4. The molecule has 10 nitrogen and oxygen atoms in total. The SMILES string of the molecule is CCOC(=O)c1nc2c(N3CCOCC3)cc(-c3cnn(C)c3)nc2n1C1CCCCO1. The molecule has 2 saturated heterocycles. The molecule has 0 spiro atoms. The van der Waals surface area contributed by atoms with Crippen LogP contribution in [-0.4, -0.2) is 69.8 Å². The second-order valence-electron chi connectivity index (χ2n) is 8.05. The Hall–Kier alpha value is -2.98. The number of imidazole rings is 1. The van der Waals surface area contributed by atoms with Gasteiger partial charge in [0.2, 0.25) is 5.82 Å². The number of aromatic nitrogens is 5. The molecule has 1 unspecified atom stereocenters. The third-order valence-electron chi connectivity index (χ3n) is 5.88. The lowest BCUT2D eigenvalue weighted by molar-refractivity contribution is -0.0321. The van der Waals surface area contributed by atoms with Gasteiger partial charge < -0.3 is 19.1 Å². The number of hydrogen-bond donors (Lipinski definition) is 0. The van der Waals surface area contributed by atoms with E-state index in [1.54, 1.807) is 17.8 Å². The second-order valence-corrected chi connectivity index (χ2v) is 8.05. The van der Waals surface area contributed by atoms with Crippen LogP contribution in [0, 0.1) is 0 Å². The molecule has 0 aliphatic carbocycles. The van der Waals surface area contributed by atoms with Crippen molar-refractivity contribution in [3.05, 3.63) is 24.3 Å². The highest BCUT2D eigenvalue weighted by atomic mass is 16.5. The normalized spacial score (nSPS) is 19.4. The molecule has 3 aromatic rings. The molecule has 1 atom stereocenters. The lowest BCUT2D eigenvalue weighted by atomic mass is 10.1. The van der Waals surface area contributed by atoms with Gasteiger partial charge in [0.1, 0.15) is 11.7 Å². The molecule has 0 bridgehead atoms. The number of ether oxygens (including phenoxy) is 3. The van der Waals surface area contributed by atoms with Gasteiger partial charge in [0.05, 0.1) is 37.4 Å². The van der Waals surface area contributed by atoms with E-state index in [0.29, 0.717) is 31.0 Å². The zero-order chi connectivity index (χ0) is 22.1. The average Bonchev–Trinajstić information content (AvgIpc) is 3.43. The summed E-state index contributed by atoms with van der Waals surface area (Å²) in [5.74, 6) is -0.227. The maximum Gasteiger partial charge on any atom is 0.374 e. The lowest BCUT2D eigenvalue weighted by Crippen LogP contribution is -2.36. The zero-order valence-corrected chi connectivity index (χ0v) is 18.5. The molecule has 2 aliphatic heterocycles. The Balaban J connectivity index is 1.74. The minimum Gasteiger partial charge on any atom is -0.460 e. The first-order valence-corrected chi connectivity index (χ1v) is 11.2. The summed E-state index contributed by atoms with van der Waals surface area (Å²) in [6, 6.07) is 2.03. The summed E-state index contributed by atoms with van der Waals surface area (Å²) in [6.45, 7) is 5.48. The van der Waals surface area contributed by atoms with Crippen LogP contribution in [0.5, 0.6) is 0 Å². The van der Waals surface area contributed by atoms with Crippen LogP contribution in [0.4, 0.5) is 5.69 Å². The highest BCUT2D eigenvalue weighted by Gasteiger charge is 2.30. The zero-order valence-electron chi connectivity index (χ0n) is 18.5. The molecule has 0 aromatic carbocycles. The van der Waals surface area contributed by atoms with Crippen molar-refractivity contribution in [2.45, 2.75) is 32.4 Å². The van der Waals surface area contributed by atoms with Crippen molar-refractivity contribution in [2.75, 3.05) is 44.4 Å². The number of anilines is 1. The van der Waals surface area contributed by atoms with E-state index in [-0.39, 0.29) is 18.7 Å². The summed E-state index contributed by atoms with van der Waals surface area (Å²) in [7, 11) is 1.88. The van der Waals surface area contributed by atoms with E-state index in [4.69, 9.17) is 24.2 Å². The lowest BCUT2D eigenvalue weighted by Gasteiger charge is -2.29. The number of esters is 1. The van der Waals surface area contributed by atoms with Crippen molar-refractivity contribution >= 4 is 22.8 Å². The molecule has 0 N–H and O–H groups in total. The van der Waals surface area contributed by atoms with Crippen LogP contribution in [0.15, 0.2) is 18.5 Å². The fraction of sp³-hybridized carbons (Fsp3) is 0.545. The number of hydrogen-bond acceptors (Lipinski definition) is 8. The molecular weight excluding hydrogens is 412 g/mol. The van der Waals surface area contributed by atoms with Gasteiger partial charge in [-0.2, -0.15) is 5.10 Å². The summed E-state index contributed by atoms with van der Waals surface area (Å²) in [5.41, 5.74) is 3.91. The standard InChI is InChI=1S/C22H28N6O4/c1-3-31-22(29)21-25-19-17(27-7-10-30-11-8-27)12-16(15-13-23-26(2)14-15)24-20(19)28(21)18-6-4-5-9-32-18/h12-14,18H,3-11H2,1-2H3. The minimum absolute atomic E-state index is 0.235. The summed E-state index contributed by atoms with van der Waals surface area (Å²) in [6.07, 6.45) is 6.24. The largest absolute Gasteiger partial charge is 0.460 e. The molecule has 170 valence electrons. The third kappa shape index (κ3) is 3.84. The fourth-order valence-corrected chi connectivity index (χ4v) is 4.33. The summed E-state index contributed by atoms with van der Waals surface area (Å²) < 4.78 is 20.5. The highest BCUT2D eigenvalue weighted by Crippen LogP contribution is 2.35. The van der Waals surface area contributed by atoms with Crippen LogP contribution < -0.4 is 4.90 Å². The first-order valence-electron chi connectivity index (χ1n) is 11.2. The average molecular weight is 441 g/mol. The first kappa shape index (κ1) is 20.9. The molecule has 0 amide bonds. The van der Waals surface area contributed by atoms with Gasteiger partial charge in [-0.1, -0.05) is 0 Å². The molecule has 5 heterocycles. The second kappa shape index (κ2) is 8.87. The molecule has 5 rings (SSSR count). The van der Waals surface area contributed by atoms with Gasteiger partial charge in [0.25, 0.3) is 0 Å². The monoisotopic (exact) mass is 440 g/mol. The maximum atomic E-state index is 12.9. The van der Waals surface area contributed by atoms with Crippen molar-refractivity contribution < 1.29 is 19.0 Å². The topological polar surface area (TPSA) is 96.5 Å². The highest BCUT2D eigenvalue weighted by molar-refractivity contribution is 5.96. The fourth-order valence-electron chi connectivity index (χ4n) is 4.33. The smallest absolute Gasteiger partial charge is 0.374 e. The number of carbonyl (C=O) groups excluding carboxylic acids is 1. The Kier molecular flexibility index (Phi) is 5.79. The van der Waals surface area contributed by atoms with Gasteiger partial charge >= 0.3 is 5.97 Å². The van der Waals surface area contributed by atoms with E-state index in [1.807, 2.05) is 23.9 Å². The van der Waals surface area contributed by atoms with E-state index in [1.165, 1.54) is 0 Å².